The molecule has 2 N–H and O–H groups in total. The van der Waals surface area contributed by atoms with Gasteiger partial charge < -0.3 is 10.6 Å². The van der Waals surface area contributed by atoms with E-state index in [1.54, 1.807) is 18.2 Å². The molecule has 1 aromatic carbocycles. The van der Waals surface area contributed by atoms with Crippen LogP contribution in [0.3, 0.4) is 0 Å². The van der Waals surface area contributed by atoms with E-state index in [0.29, 0.717) is 21.9 Å². The fraction of sp³-hybridized carbons (Fsp3) is 0.250. The second-order valence-corrected chi connectivity index (χ2v) is 4.15. The Bertz CT molecular complexity index is 508. The minimum atomic E-state index is 0.240. The summed E-state index contributed by atoms with van der Waals surface area (Å²) in [7, 11) is 0. The molecule has 0 atom stereocenters. The third kappa shape index (κ3) is 3.75. The second kappa shape index (κ2) is 5.83. The highest BCUT2D eigenvalue weighted by Crippen LogP contribution is 2.14. The Morgan fingerprint density at radius 1 is 1.24 bits per heavy atom. The summed E-state index contributed by atoms with van der Waals surface area (Å²) in [5, 5.41) is 24.1. The van der Waals surface area contributed by atoms with E-state index in [9.17, 15) is 0 Å². The van der Waals surface area contributed by atoms with Gasteiger partial charge in [0.2, 0.25) is 0 Å². The Morgan fingerprint density at radius 3 is 2.41 bits per heavy atom. The third-order valence-corrected chi connectivity index (χ3v) is 2.16. The summed E-state index contributed by atoms with van der Waals surface area (Å²) >= 11 is 5.08. The van der Waals surface area contributed by atoms with E-state index in [1.807, 2.05) is 26.0 Å². The maximum absolute atomic E-state index is 8.88. The first-order valence-corrected chi connectivity index (χ1v) is 5.49. The van der Waals surface area contributed by atoms with Crippen molar-refractivity contribution in [3.05, 3.63) is 29.3 Å². The Kier molecular flexibility index (Phi) is 4.45. The Labute approximate surface area is 106 Å². The number of hydrogen-bond donors (Lipinski definition) is 2. The van der Waals surface area contributed by atoms with E-state index >= 15 is 0 Å². The lowest BCUT2D eigenvalue weighted by molar-refractivity contribution is 0.739. The number of anilines is 1. The third-order valence-electron chi connectivity index (χ3n) is 1.94. The van der Waals surface area contributed by atoms with Gasteiger partial charge in [-0.3, -0.25) is 0 Å². The summed E-state index contributed by atoms with van der Waals surface area (Å²) in [6, 6.07) is 9.09. The molecule has 0 heterocycles. The molecule has 0 saturated carbocycles. The molecule has 0 spiro atoms. The van der Waals surface area contributed by atoms with Gasteiger partial charge in [-0.15, -0.1) is 0 Å². The molecule has 0 radical (unpaired) electrons. The largest absolute Gasteiger partial charge is 0.360 e. The highest BCUT2D eigenvalue weighted by Gasteiger charge is 2.04. The van der Waals surface area contributed by atoms with Gasteiger partial charge in [-0.05, 0) is 44.3 Å². The summed E-state index contributed by atoms with van der Waals surface area (Å²) in [5.41, 5.74) is 1.39. The van der Waals surface area contributed by atoms with Crippen LogP contribution in [0.1, 0.15) is 25.0 Å². The van der Waals surface area contributed by atoms with Crippen LogP contribution in [0.4, 0.5) is 5.69 Å². The van der Waals surface area contributed by atoms with E-state index in [0.717, 1.165) is 0 Å². The Balaban J connectivity index is 2.85. The lowest BCUT2D eigenvalue weighted by Gasteiger charge is -2.13. The van der Waals surface area contributed by atoms with Gasteiger partial charge in [-0.25, -0.2) is 0 Å². The molecule has 0 bridgehead atoms. The van der Waals surface area contributed by atoms with E-state index in [-0.39, 0.29) is 6.04 Å². The number of thiocarbonyl (C=S) groups is 1. The topological polar surface area (TPSA) is 71.6 Å². The second-order valence-electron chi connectivity index (χ2n) is 3.74. The standard InChI is InChI=1S/C12H12N4S/c1-8(2)15-12(17)16-11-4-3-9(6-13)10(5-11)7-14/h3-5,8H,1-2H3,(H2,15,16,17). The molecular formula is C12H12N4S. The van der Waals surface area contributed by atoms with E-state index in [1.165, 1.54) is 0 Å². The van der Waals surface area contributed by atoms with Crippen molar-refractivity contribution >= 4 is 23.0 Å². The van der Waals surface area contributed by atoms with Crippen molar-refractivity contribution in [3.8, 4) is 12.1 Å². The number of nitriles is 2. The van der Waals surface area contributed by atoms with Gasteiger partial charge in [0, 0.05) is 11.7 Å². The Hall–Kier alpha value is -2.11. The van der Waals surface area contributed by atoms with Gasteiger partial charge in [-0.1, -0.05) is 0 Å². The first-order valence-electron chi connectivity index (χ1n) is 5.08. The highest BCUT2D eigenvalue weighted by molar-refractivity contribution is 7.80. The summed E-state index contributed by atoms with van der Waals surface area (Å²) < 4.78 is 0. The zero-order chi connectivity index (χ0) is 12.8. The van der Waals surface area contributed by atoms with Crippen molar-refractivity contribution in [2.45, 2.75) is 19.9 Å². The van der Waals surface area contributed by atoms with E-state index < -0.39 is 0 Å². The molecule has 0 saturated heterocycles. The molecule has 0 aromatic heterocycles. The van der Waals surface area contributed by atoms with Crippen molar-refractivity contribution in [1.82, 2.24) is 5.32 Å². The van der Waals surface area contributed by atoms with Crippen molar-refractivity contribution in [2.24, 2.45) is 0 Å². The average Bonchev–Trinajstić information content (AvgIpc) is 2.27. The number of benzene rings is 1. The van der Waals surface area contributed by atoms with Gasteiger partial charge in [-0.2, -0.15) is 10.5 Å². The molecule has 0 aliphatic rings. The molecule has 0 aliphatic carbocycles. The van der Waals surface area contributed by atoms with Crippen molar-refractivity contribution in [3.63, 3.8) is 0 Å². The monoisotopic (exact) mass is 244 g/mol. The van der Waals surface area contributed by atoms with Crippen LogP contribution in [0.5, 0.6) is 0 Å². The summed E-state index contributed by atoms with van der Waals surface area (Å²) in [6.45, 7) is 3.96. The van der Waals surface area contributed by atoms with Crippen molar-refractivity contribution < 1.29 is 0 Å². The van der Waals surface area contributed by atoms with Crippen LogP contribution in [0, 0.1) is 22.7 Å². The Morgan fingerprint density at radius 2 is 1.88 bits per heavy atom. The van der Waals surface area contributed by atoms with Gasteiger partial charge in [0.25, 0.3) is 0 Å². The minimum Gasteiger partial charge on any atom is -0.360 e. The van der Waals surface area contributed by atoms with Crippen LogP contribution >= 0.6 is 12.2 Å². The normalized spacial score (nSPS) is 9.24. The predicted molar refractivity (Wildman–Crippen MR) is 70.4 cm³/mol. The van der Waals surface area contributed by atoms with Crippen LogP contribution < -0.4 is 10.6 Å². The number of nitrogens with one attached hydrogen (secondary N) is 2. The minimum absolute atomic E-state index is 0.240. The van der Waals surface area contributed by atoms with Crippen molar-refractivity contribution in [2.75, 3.05) is 5.32 Å². The zero-order valence-electron chi connectivity index (χ0n) is 9.61. The van der Waals surface area contributed by atoms with Gasteiger partial charge in [0.1, 0.15) is 12.1 Å². The first kappa shape index (κ1) is 13.0. The molecule has 0 unspecified atom stereocenters. The van der Waals surface area contributed by atoms with E-state index in [2.05, 4.69) is 10.6 Å². The summed E-state index contributed by atoms with van der Waals surface area (Å²) in [4.78, 5) is 0. The van der Waals surface area contributed by atoms with Crippen LogP contribution in [-0.2, 0) is 0 Å². The fourth-order valence-corrected chi connectivity index (χ4v) is 1.59. The molecule has 5 heteroatoms. The maximum atomic E-state index is 8.88. The lowest BCUT2D eigenvalue weighted by atomic mass is 10.1. The van der Waals surface area contributed by atoms with Crippen LogP contribution in [0.2, 0.25) is 0 Å². The van der Waals surface area contributed by atoms with Crippen LogP contribution in [0.15, 0.2) is 18.2 Å². The van der Waals surface area contributed by atoms with Crippen molar-refractivity contribution in [1.29, 1.82) is 10.5 Å². The molecule has 86 valence electrons. The van der Waals surface area contributed by atoms with Crippen LogP contribution in [-0.4, -0.2) is 11.2 Å². The van der Waals surface area contributed by atoms with Gasteiger partial charge in [0.05, 0.1) is 11.1 Å². The van der Waals surface area contributed by atoms with E-state index in [4.69, 9.17) is 22.7 Å². The van der Waals surface area contributed by atoms with Gasteiger partial charge >= 0.3 is 0 Å². The molecule has 4 nitrogen and oxygen atoms in total. The molecule has 0 aliphatic heterocycles. The lowest BCUT2D eigenvalue weighted by Crippen LogP contribution is -2.33. The fourth-order valence-electron chi connectivity index (χ4n) is 1.24. The quantitative estimate of drug-likeness (QED) is 0.780. The summed E-state index contributed by atoms with van der Waals surface area (Å²) in [6.07, 6.45) is 0. The predicted octanol–water partition coefficient (Wildman–Crippen LogP) is 2.12. The smallest absolute Gasteiger partial charge is 0.170 e. The molecule has 17 heavy (non-hydrogen) atoms. The molecule has 0 fully saturated rings. The SMILES string of the molecule is CC(C)NC(=S)Nc1ccc(C#N)c(C#N)c1. The first-order chi connectivity index (χ1) is 8.06. The molecule has 1 rings (SSSR count). The number of hydrogen-bond acceptors (Lipinski definition) is 3. The molecule has 1 aromatic rings. The maximum Gasteiger partial charge on any atom is 0.170 e. The number of nitrogens with zero attached hydrogens (tertiary/aromatic N) is 2. The summed E-state index contributed by atoms with van der Waals surface area (Å²) in [5.74, 6) is 0. The molecule has 0 amide bonds. The highest BCUT2D eigenvalue weighted by atomic mass is 32.1. The van der Waals surface area contributed by atoms with Gasteiger partial charge in [0.15, 0.2) is 5.11 Å². The average molecular weight is 244 g/mol. The van der Waals surface area contributed by atoms with Crippen LogP contribution in [0.25, 0.3) is 0 Å². The molecular weight excluding hydrogens is 232 g/mol. The number of rotatable bonds is 2. The zero-order valence-corrected chi connectivity index (χ0v) is 10.4.